The van der Waals surface area contributed by atoms with Gasteiger partial charge in [-0.05, 0) is 42.7 Å². The number of aromatic nitrogens is 2. The van der Waals surface area contributed by atoms with Gasteiger partial charge in [0, 0.05) is 11.5 Å². The minimum atomic E-state index is -0.163. The van der Waals surface area contributed by atoms with Crippen molar-refractivity contribution in [3.63, 3.8) is 0 Å². The van der Waals surface area contributed by atoms with Crippen LogP contribution in [-0.2, 0) is 6.61 Å². The van der Waals surface area contributed by atoms with Crippen molar-refractivity contribution >= 4 is 17.1 Å². The van der Waals surface area contributed by atoms with E-state index in [1.165, 1.54) is 11.1 Å². The van der Waals surface area contributed by atoms with Gasteiger partial charge in [-0.3, -0.25) is 4.79 Å². The first kappa shape index (κ1) is 24.6. The highest BCUT2D eigenvalue weighted by Crippen LogP contribution is 2.39. The Bertz CT molecular complexity index is 1430. The molecule has 0 saturated heterocycles. The lowest BCUT2D eigenvalue weighted by Gasteiger charge is -2.22. The number of para-hydroxylation sites is 1. The highest BCUT2D eigenvalue weighted by molar-refractivity contribution is 5.83. The second kappa shape index (κ2) is 11.3. The van der Waals surface area contributed by atoms with E-state index in [2.05, 4.69) is 5.10 Å². The first-order valence-corrected chi connectivity index (χ1v) is 12.7. The van der Waals surface area contributed by atoms with Gasteiger partial charge in [0.25, 0.3) is 5.56 Å². The summed E-state index contributed by atoms with van der Waals surface area (Å²) in [5, 5.41) is 5.19. The molecule has 1 saturated carbocycles. The highest BCUT2D eigenvalue weighted by atomic mass is 16.5. The van der Waals surface area contributed by atoms with Gasteiger partial charge < -0.3 is 14.2 Å². The van der Waals surface area contributed by atoms with Gasteiger partial charge in [0.05, 0.1) is 31.3 Å². The fourth-order valence-electron chi connectivity index (χ4n) is 4.85. The monoisotopic (exact) mass is 497 g/mol. The van der Waals surface area contributed by atoms with Crippen LogP contribution in [-0.4, -0.2) is 30.1 Å². The van der Waals surface area contributed by atoms with Crippen molar-refractivity contribution in [1.82, 2.24) is 9.66 Å². The Morgan fingerprint density at radius 2 is 1.62 bits per heavy atom. The zero-order valence-corrected chi connectivity index (χ0v) is 21.2. The highest BCUT2D eigenvalue weighted by Gasteiger charge is 2.22. The van der Waals surface area contributed by atoms with Crippen LogP contribution in [0.3, 0.4) is 0 Å². The second-order valence-electron chi connectivity index (χ2n) is 9.21. The molecular formula is C30H31N3O4. The van der Waals surface area contributed by atoms with Crippen molar-refractivity contribution in [3.05, 3.63) is 94.0 Å². The van der Waals surface area contributed by atoms with Crippen LogP contribution in [0.15, 0.2) is 76.6 Å². The average Bonchev–Trinajstić information content (AvgIpc) is 2.96. The Balaban J connectivity index is 1.51. The molecule has 4 aromatic rings. The molecule has 1 fully saturated rings. The smallest absolute Gasteiger partial charge is 0.282 e. The van der Waals surface area contributed by atoms with Gasteiger partial charge in [-0.1, -0.05) is 61.7 Å². The first-order valence-electron chi connectivity index (χ1n) is 12.7. The Morgan fingerprint density at radius 3 is 2.32 bits per heavy atom. The molecule has 0 radical (unpaired) electrons. The van der Waals surface area contributed by atoms with Crippen LogP contribution < -0.4 is 19.8 Å². The van der Waals surface area contributed by atoms with Gasteiger partial charge in [-0.25, -0.2) is 4.98 Å². The van der Waals surface area contributed by atoms with Crippen molar-refractivity contribution in [3.8, 4) is 17.2 Å². The predicted molar refractivity (Wildman–Crippen MR) is 145 cm³/mol. The topological polar surface area (TPSA) is 74.9 Å². The number of rotatable bonds is 8. The lowest BCUT2D eigenvalue weighted by molar-refractivity contribution is 0.266. The molecule has 1 aliphatic rings. The zero-order valence-electron chi connectivity index (χ0n) is 21.2. The van der Waals surface area contributed by atoms with Gasteiger partial charge in [-0.15, -0.1) is 0 Å². The molecular weight excluding hydrogens is 466 g/mol. The molecule has 7 nitrogen and oxygen atoms in total. The van der Waals surface area contributed by atoms with E-state index in [1.807, 2.05) is 60.7 Å². The van der Waals surface area contributed by atoms with Crippen LogP contribution in [0.25, 0.3) is 10.9 Å². The minimum Gasteiger partial charge on any atom is -0.493 e. The Morgan fingerprint density at radius 1 is 0.946 bits per heavy atom. The molecule has 0 N–H and O–H groups in total. The second-order valence-corrected chi connectivity index (χ2v) is 9.21. The van der Waals surface area contributed by atoms with E-state index < -0.39 is 0 Å². The number of ether oxygens (including phenoxy) is 3. The van der Waals surface area contributed by atoms with E-state index in [9.17, 15) is 4.79 Å². The summed E-state index contributed by atoms with van der Waals surface area (Å²) >= 11 is 0. The summed E-state index contributed by atoms with van der Waals surface area (Å²) in [5.74, 6) is 2.49. The molecule has 7 heteroatoms. The van der Waals surface area contributed by atoms with E-state index in [4.69, 9.17) is 19.2 Å². The van der Waals surface area contributed by atoms with Crippen molar-refractivity contribution in [1.29, 1.82) is 0 Å². The summed E-state index contributed by atoms with van der Waals surface area (Å²) in [6.45, 7) is 0.379. The number of methoxy groups -OCH3 is 2. The summed E-state index contributed by atoms with van der Waals surface area (Å²) in [6, 6.07) is 21.0. The summed E-state index contributed by atoms with van der Waals surface area (Å²) in [6.07, 6.45) is 7.16. The fraction of sp³-hybridized carbons (Fsp3) is 0.300. The average molecular weight is 498 g/mol. The maximum Gasteiger partial charge on any atom is 0.282 e. The standard InChI is InChI=1S/C30H31N3O4/c1-35-26-17-22(18-27(36-2)28(26)37-20-21-11-5-3-6-12-21)19-31-33-29(23-13-7-4-8-14-23)32-25-16-10-9-15-24(25)30(33)34/h3,5-6,9-12,15-19,23H,4,7-8,13-14,20H2,1-2H3. The third kappa shape index (κ3) is 5.35. The molecule has 1 aliphatic carbocycles. The summed E-state index contributed by atoms with van der Waals surface area (Å²) < 4.78 is 18.8. The molecule has 0 amide bonds. The number of fused-ring (bicyclic) bond motifs is 1. The molecule has 3 aromatic carbocycles. The Kier molecular flexibility index (Phi) is 7.49. The molecule has 0 unspecified atom stereocenters. The normalized spacial score (nSPS) is 14.2. The lowest BCUT2D eigenvalue weighted by Crippen LogP contribution is -2.25. The van der Waals surface area contributed by atoms with Crippen LogP contribution in [0.2, 0.25) is 0 Å². The molecule has 0 atom stereocenters. The number of hydrogen-bond acceptors (Lipinski definition) is 6. The summed E-state index contributed by atoms with van der Waals surface area (Å²) in [4.78, 5) is 18.4. The van der Waals surface area contributed by atoms with E-state index in [0.717, 1.165) is 42.6 Å². The molecule has 0 spiro atoms. The molecule has 1 aromatic heterocycles. The molecule has 37 heavy (non-hydrogen) atoms. The van der Waals surface area contributed by atoms with Crippen LogP contribution in [0.1, 0.15) is 55.0 Å². The third-order valence-corrected chi connectivity index (χ3v) is 6.78. The van der Waals surface area contributed by atoms with Crippen molar-refractivity contribution < 1.29 is 14.2 Å². The third-order valence-electron chi connectivity index (χ3n) is 6.78. The van der Waals surface area contributed by atoms with E-state index in [1.54, 1.807) is 26.5 Å². The van der Waals surface area contributed by atoms with Gasteiger partial charge in [0.2, 0.25) is 5.75 Å². The van der Waals surface area contributed by atoms with Crippen LogP contribution >= 0.6 is 0 Å². The van der Waals surface area contributed by atoms with E-state index >= 15 is 0 Å². The number of hydrogen-bond donors (Lipinski definition) is 0. The van der Waals surface area contributed by atoms with Gasteiger partial charge >= 0.3 is 0 Å². The van der Waals surface area contributed by atoms with Crippen LogP contribution in [0.4, 0.5) is 0 Å². The van der Waals surface area contributed by atoms with E-state index in [-0.39, 0.29) is 11.5 Å². The SMILES string of the molecule is COc1cc(C=Nn2c(C3CCCCC3)nc3ccccc3c2=O)cc(OC)c1OCc1ccccc1. The van der Waals surface area contributed by atoms with E-state index in [0.29, 0.717) is 34.8 Å². The molecule has 190 valence electrons. The zero-order chi connectivity index (χ0) is 25.6. The number of benzene rings is 3. The quantitative estimate of drug-likeness (QED) is 0.282. The van der Waals surface area contributed by atoms with Gasteiger partial charge in [0.15, 0.2) is 11.5 Å². The first-order chi connectivity index (χ1) is 18.2. The molecule has 0 aliphatic heterocycles. The van der Waals surface area contributed by atoms with Crippen LogP contribution in [0, 0.1) is 0 Å². The van der Waals surface area contributed by atoms with Gasteiger partial charge in [-0.2, -0.15) is 9.78 Å². The summed E-state index contributed by atoms with van der Waals surface area (Å²) in [5.41, 5.74) is 2.30. The maximum atomic E-state index is 13.5. The van der Waals surface area contributed by atoms with Crippen LogP contribution in [0.5, 0.6) is 17.2 Å². The Hall–Kier alpha value is -4.13. The molecule has 5 rings (SSSR count). The van der Waals surface area contributed by atoms with Crippen molar-refractivity contribution in [2.45, 2.75) is 44.6 Å². The maximum absolute atomic E-state index is 13.5. The fourth-order valence-corrected chi connectivity index (χ4v) is 4.85. The van der Waals surface area contributed by atoms with Gasteiger partial charge in [0.1, 0.15) is 12.4 Å². The number of nitrogens with zero attached hydrogens (tertiary/aromatic N) is 3. The minimum absolute atomic E-state index is 0.163. The predicted octanol–water partition coefficient (Wildman–Crippen LogP) is 5.92. The van der Waals surface area contributed by atoms with Crippen molar-refractivity contribution in [2.75, 3.05) is 14.2 Å². The largest absolute Gasteiger partial charge is 0.493 e. The van der Waals surface area contributed by atoms with Crippen molar-refractivity contribution in [2.24, 2.45) is 5.10 Å². The lowest BCUT2D eigenvalue weighted by atomic mass is 9.88. The summed E-state index contributed by atoms with van der Waals surface area (Å²) in [7, 11) is 3.17. The Labute approximate surface area is 216 Å². The molecule has 0 bridgehead atoms. The molecule has 1 heterocycles.